The molecule has 25 heavy (non-hydrogen) atoms. The van der Waals surface area contributed by atoms with E-state index in [9.17, 15) is 4.79 Å². The second-order valence-electron chi connectivity index (χ2n) is 5.80. The fraction of sp³-hybridized carbons (Fsp3) is 0.350. The summed E-state index contributed by atoms with van der Waals surface area (Å²) in [4.78, 5) is 11.7. The summed E-state index contributed by atoms with van der Waals surface area (Å²) in [6.07, 6.45) is 0.482. The van der Waals surface area contributed by atoms with E-state index in [2.05, 4.69) is 25.2 Å². The zero-order chi connectivity index (χ0) is 18.4. The van der Waals surface area contributed by atoms with Gasteiger partial charge in [-0.1, -0.05) is 30.7 Å². The Hall–Kier alpha value is -2.20. The molecule has 2 rings (SSSR count). The van der Waals surface area contributed by atoms with Gasteiger partial charge in [-0.15, -0.1) is 0 Å². The molecule has 4 nitrogen and oxygen atoms in total. The molecule has 0 saturated carbocycles. The minimum Gasteiger partial charge on any atom is -0.488 e. The Morgan fingerprint density at radius 1 is 1.16 bits per heavy atom. The number of anilines is 1. The first-order chi connectivity index (χ1) is 12.0. The highest BCUT2D eigenvalue weighted by atomic mass is 35.5. The smallest absolute Gasteiger partial charge is 0.411 e. The van der Waals surface area contributed by atoms with Crippen molar-refractivity contribution in [2.75, 3.05) is 11.9 Å². The highest BCUT2D eigenvalue weighted by Crippen LogP contribution is 2.29. The van der Waals surface area contributed by atoms with Crippen molar-refractivity contribution in [3.8, 4) is 5.75 Å². The van der Waals surface area contributed by atoms with Gasteiger partial charge in [0.2, 0.25) is 0 Å². The summed E-state index contributed by atoms with van der Waals surface area (Å²) in [5.74, 6) is 0.816. The molecule has 134 valence electrons. The van der Waals surface area contributed by atoms with E-state index in [0.29, 0.717) is 22.9 Å². The van der Waals surface area contributed by atoms with Crippen LogP contribution in [0.3, 0.4) is 0 Å². The fourth-order valence-corrected chi connectivity index (χ4v) is 2.86. The summed E-state index contributed by atoms with van der Waals surface area (Å²) < 4.78 is 10.9. The largest absolute Gasteiger partial charge is 0.488 e. The number of amides is 1. The van der Waals surface area contributed by atoms with Crippen LogP contribution in [0, 0.1) is 13.8 Å². The van der Waals surface area contributed by atoms with Crippen LogP contribution in [0.15, 0.2) is 30.3 Å². The highest BCUT2D eigenvalue weighted by Gasteiger charge is 2.12. The molecular formula is C20H24ClNO3. The Labute approximate surface area is 154 Å². The van der Waals surface area contributed by atoms with Crippen molar-refractivity contribution >= 4 is 23.4 Å². The Kier molecular flexibility index (Phi) is 6.71. The predicted molar refractivity (Wildman–Crippen MR) is 102 cm³/mol. The molecule has 2 aromatic rings. The van der Waals surface area contributed by atoms with E-state index in [4.69, 9.17) is 21.1 Å². The van der Waals surface area contributed by atoms with E-state index in [-0.39, 0.29) is 6.61 Å². The van der Waals surface area contributed by atoms with E-state index in [1.165, 1.54) is 11.1 Å². The Bertz CT molecular complexity index is 759. The lowest BCUT2D eigenvalue weighted by molar-refractivity contribution is 0.168. The van der Waals surface area contributed by atoms with Gasteiger partial charge in [0.15, 0.2) is 0 Å². The van der Waals surface area contributed by atoms with Crippen LogP contribution in [0.5, 0.6) is 5.75 Å². The van der Waals surface area contributed by atoms with Gasteiger partial charge < -0.3 is 9.47 Å². The van der Waals surface area contributed by atoms with E-state index in [1.54, 1.807) is 25.1 Å². The number of carbonyl (C=O) groups is 1. The molecule has 0 bridgehead atoms. The second kappa shape index (κ2) is 8.77. The SMILES string of the molecule is CCOC(=O)Nc1cccc(Cl)c1COc1cc(C)c(CC)cc1C. The molecule has 1 N–H and O–H groups in total. The first-order valence-electron chi connectivity index (χ1n) is 8.40. The number of hydrogen-bond donors (Lipinski definition) is 1. The number of ether oxygens (including phenoxy) is 2. The summed E-state index contributed by atoms with van der Waals surface area (Å²) in [7, 11) is 0. The summed E-state index contributed by atoms with van der Waals surface area (Å²) in [5, 5.41) is 3.24. The molecule has 0 aliphatic heterocycles. The summed E-state index contributed by atoms with van der Waals surface area (Å²) in [6.45, 7) is 8.56. The maximum absolute atomic E-state index is 11.7. The van der Waals surface area contributed by atoms with Crippen LogP contribution >= 0.6 is 11.6 Å². The summed E-state index contributed by atoms with van der Waals surface area (Å²) in [5.41, 5.74) is 4.90. The molecule has 0 aromatic heterocycles. The zero-order valence-corrected chi connectivity index (χ0v) is 15.9. The van der Waals surface area contributed by atoms with Gasteiger partial charge in [-0.3, -0.25) is 5.32 Å². The maximum atomic E-state index is 11.7. The van der Waals surface area contributed by atoms with Crippen LogP contribution in [0.25, 0.3) is 0 Å². The quantitative estimate of drug-likeness (QED) is 0.721. The molecule has 0 aliphatic rings. The number of rotatable bonds is 6. The average Bonchev–Trinajstić information content (AvgIpc) is 2.57. The molecule has 0 spiro atoms. The molecule has 0 unspecified atom stereocenters. The minimum atomic E-state index is -0.509. The van der Waals surface area contributed by atoms with Crippen LogP contribution in [-0.2, 0) is 17.8 Å². The number of aryl methyl sites for hydroxylation is 3. The second-order valence-corrected chi connectivity index (χ2v) is 6.21. The molecule has 0 saturated heterocycles. The van der Waals surface area contributed by atoms with Gasteiger partial charge in [-0.2, -0.15) is 0 Å². The number of nitrogens with one attached hydrogen (secondary N) is 1. The number of carbonyl (C=O) groups excluding carboxylic acids is 1. The third-order valence-electron chi connectivity index (χ3n) is 4.02. The van der Waals surface area contributed by atoms with Crippen molar-refractivity contribution in [3.05, 3.63) is 57.6 Å². The first kappa shape index (κ1) is 19.1. The van der Waals surface area contributed by atoms with Gasteiger partial charge in [-0.05, 0) is 62.1 Å². The Morgan fingerprint density at radius 2 is 1.92 bits per heavy atom. The van der Waals surface area contributed by atoms with Crippen LogP contribution in [0.2, 0.25) is 5.02 Å². The molecular weight excluding hydrogens is 338 g/mol. The summed E-state index contributed by atoms with van der Waals surface area (Å²) >= 11 is 6.30. The van der Waals surface area contributed by atoms with Gasteiger partial charge in [0.05, 0.1) is 12.3 Å². The average molecular weight is 362 g/mol. The summed E-state index contributed by atoms with van der Waals surface area (Å²) in [6, 6.07) is 9.52. The van der Waals surface area contributed by atoms with Crippen molar-refractivity contribution < 1.29 is 14.3 Å². The lowest BCUT2D eigenvalue weighted by Gasteiger charge is -2.16. The monoisotopic (exact) mass is 361 g/mol. The Morgan fingerprint density at radius 3 is 2.60 bits per heavy atom. The number of benzene rings is 2. The van der Waals surface area contributed by atoms with Gasteiger partial charge in [0, 0.05) is 10.6 Å². The molecule has 0 fully saturated rings. The van der Waals surface area contributed by atoms with E-state index >= 15 is 0 Å². The number of halogens is 1. The van der Waals surface area contributed by atoms with E-state index in [0.717, 1.165) is 17.7 Å². The number of hydrogen-bond acceptors (Lipinski definition) is 3. The van der Waals surface area contributed by atoms with Crippen molar-refractivity contribution in [2.45, 2.75) is 40.7 Å². The molecule has 0 aliphatic carbocycles. The van der Waals surface area contributed by atoms with Gasteiger partial charge >= 0.3 is 6.09 Å². The van der Waals surface area contributed by atoms with Crippen LogP contribution < -0.4 is 10.1 Å². The van der Waals surface area contributed by atoms with Crippen LogP contribution in [0.1, 0.15) is 36.1 Å². The van der Waals surface area contributed by atoms with Gasteiger partial charge in [0.25, 0.3) is 0 Å². The van der Waals surface area contributed by atoms with E-state index in [1.807, 2.05) is 13.0 Å². The molecule has 0 atom stereocenters. The molecule has 5 heteroatoms. The third kappa shape index (κ3) is 4.89. The topological polar surface area (TPSA) is 47.6 Å². The molecule has 1 amide bonds. The van der Waals surface area contributed by atoms with Crippen molar-refractivity contribution in [2.24, 2.45) is 0 Å². The van der Waals surface area contributed by atoms with Crippen LogP contribution in [0.4, 0.5) is 10.5 Å². The molecule has 2 aromatic carbocycles. The minimum absolute atomic E-state index is 0.257. The Balaban J connectivity index is 2.20. The first-order valence-corrected chi connectivity index (χ1v) is 8.78. The van der Waals surface area contributed by atoms with Crippen molar-refractivity contribution in [1.29, 1.82) is 0 Å². The zero-order valence-electron chi connectivity index (χ0n) is 15.1. The fourth-order valence-electron chi connectivity index (χ4n) is 2.64. The molecule has 0 heterocycles. The van der Waals surface area contributed by atoms with Crippen molar-refractivity contribution in [3.63, 3.8) is 0 Å². The lowest BCUT2D eigenvalue weighted by Crippen LogP contribution is -2.15. The normalized spacial score (nSPS) is 10.4. The lowest BCUT2D eigenvalue weighted by atomic mass is 10.0. The highest BCUT2D eigenvalue weighted by molar-refractivity contribution is 6.31. The van der Waals surface area contributed by atoms with Gasteiger partial charge in [0.1, 0.15) is 12.4 Å². The van der Waals surface area contributed by atoms with Gasteiger partial charge in [-0.25, -0.2) is 4.79 Å². The molecule has 0 radical (unpaired) electrons. The van der Waals surface area contributed by atoms with Crippen LogP contribution in [-0.4, -0.2) is 12.7 Å². The van der Waals surface area contributed by atoms with E-state index < -0.39 is 6.09 Å². The third-order valence-corrected chi connectivity index (χ3v) is 4.37. The predicted octanol–water partition coefficient (Wildman–Crippen LogP) is 5.67. The van der Waals surface area contributed by atoms with Crippen molar-refractivity contribution in [1.82, 2.24) is 0 Å². The maximum Gasteiger partial charge on any atom is 0.411 e. The standard InChI is InChI=1S/C20H24ClNO3/c1-5-15-10-14(4)19(11-13(15)3)25-12-16-17(21)8-7-9-18(16)22-20(23)24-6-2/h7-11H,5-6,12H2,1-4H3,(H,22,23).